The van der Waals surface area contributed by atoms with Crippen LogP contribution < -0.4 is 10.1 Å². The predicted octanol–water partition coefficient (Wildman–Crippen LogP) is 5.04. The average Bonchev–Trinajstić information content (AvgIpc) is 3.23. The second kappa shape index (κ2) is 10.2. The van der Waals surface area contributed by atoms with Crippen LogP contribution in [0.4, 0.5) is 22.4 Å². The van der Waals surface area contributed by atoms with Crippen LogP contribution in [0.15, 0.2) is 64.8 Å². The number of aromatic nitrogens is 3. The largest absolute Gasteiger partial charge is 0.412 e. The summed E-state index contributed by atoms with van der Waals surface area (Å²) >= 11 is 0. The molecule has 1 N–H and O–H groups in total. The van der Waals surface area contributed by atoms with Gasteiger partial charge in [0.15, 0.2) is 17.4 Å². The maximum atomic E-state index is 16.0. The normalized spacial score (nSPS) is 11.6. The van der Waals surface area contributed by atoms with Crippen LogP contribution >= 0.6 is 0 Å². The van der Waals surface area contributed by atoms with Crippen molar-refractivity contribution in [2.24, 2.45) is 7.05 Å². The Bertz CT molecular complexity index is 1640. The summed E-state index contributed by atoms with van der Waals surface area (Å²) < 4.78 is 93.0. The molecule has 8 nitrogen and oxygen atoms in total. The van der Waals surface area contributed by atoms with E-state index in [1.54, 1.807) is 13.8 Å². The number of ether oxygens (including phenoxy) is 1. The SMILES string of the molecule is CC(C)NC(=O)Oc1cc(S(=O)(=O)c2cc(F)ccc2F)c(F)c(-c2nn(C)cc2-c2ccncc2)c1F. The number of aryl methyl sites for hydroxylation is 1. The summed E-state index contributed by atoms with van der Waals surface area (Å²) in [6.07, 6.45) is 3.13. The summed E-state index contributed by atoms with van der Waals surface area (Å²) in [6.45, 7) is 3.18. The number of amides is 1. The van der Waals surface area contributed by atoms with Crippen molar-refractivity contribution in [3.8, 4) is 28.1 Å². The van der Waals surface area contributed by atoms with Crippen LogP contribution in [0.1, 0.15) is 13.8 Å². The maximum absolute atomic E-state index is 16.0. The second-order valence-corrected chi connectivity index (χ2v) is 10.3. The predicted molar refractivity (Wildman–Crippen MR) is 128 cm³/mol. The third-order valence-electron chi connectivity index (χ3n) is 5.27. The molecule has 0 atom stereocenters. The summed E-state index contributed by atoms with van der Waals surface area (Å²) in [5, 5.41) is 6.44. The van der Waals surface area contributed by atoms with Crippen LogP contribution in [0.2, 0.25) is 0 Å². The second-order valence-electron chi connectivity index (χ2n) is 8.44. The molecule has 38 heavy (non-hydrogen) atoms. The number of hydrogen-bond donors (Lipinski definition) is 1. The van der Waals surface area contributed by atoms with Gasteiger partial charge in [-0.05, 0) is 49.7 Å². The van der Waals surface area contributed by atoms with E-state index in [-0.39, 0.29) is 11.3 Å². The quantitative estimate of drug-likeness (QED) is 0.268. The Morgan fingerprint density at radius 3 is 2.34 bits per heavy atom. The lowest BCUT2D eigenvalue weighted by atomic mass is 10.0. The summed E-state index contributed by atoms with van der Waals surface area (Å²) in [7, 11) is -3.66. The van der Waals surface area contributed by atoms with Gasteiger partial charge in [-0.25, -0.2) is 30.8 Å². The number of nitrogens with zero attached hydrogens (tertiary/aromatic N) is 3. The van der Waals surface area contributed by atoms with Crippen molar-refractivity contribution in [3.63, 3.8) is 0 Å². The van der Waals surface area contributed by atoms with E-state index in [0.717, 1.165) is 0 Å². The van der Waals surface area contributed by atoms with E-state index in [2.05, 4.69) is 15.4 Å². The molecule has 0 aliphatic heterocycles. The monoisotopic (exact) mass is 548 g/mol. The Labute approximate surface area is 214 Å². The topological polar surface area (TPSA) is 103 Å². The van der Waals surface area contributed by atoms with Crippen LogP contribution in [-0.2, 0) is 16.9 Å². The molecule has 2 aromatic heterocycles. The van der Waals surface area contributed by atoms with Crippen LogP contribution in [-0.4, -0.2) is 35.3 Å². The molecular weight excluding hydrogens is 528 g/mol. The van der Waals surface area contributed by atoms with Crippen molar-refractivity contribution in [1.82, 2.24) is 20.1 Å². The number of carbonyl (C=O) groups is 1. The molecule has 2 heterocycles. The van der Waals surface area contributed by atoms with E-state index < -0.39 is 66.3 Å². The number of carbonyl (C=O) groups excluding carboxylic acids is 1. The molecule has 0 aliphatic carbocycles. The number of pyridine rings is 1. The average molecular weight is 549 g/mol. The zero-order valence-electron chi connectivity index (χ0n) is 20.2. The van der Waals surface area contributed by atoms with Gasteiger partial charge in [-0.1, -0.05) is 0 Å². The van der Waals surface area contributed by atoms with Crippen molar-refractivity contribution in [2.45, 2.75) is 29.7 Å². The maximum Gasteiger partial charge on any atom is 0.412 e. The highest BCUT2D eigenvalue weighted by Gasteiger charge is 2.34. The molecule has 4 aromatic rings. The molecule has 0 aliphatic rings. The minimum absolute atomic E-state index is 0.191. The molecule has 1 amide bonds. The molecule has 0 fully saturated rings. The van der Waals surface area contributed by atoms with Crippen LogP contribution in [0.25, 0.3) is 22.4 Å². The lowest BCUT2D eigenvalue weighted by Crippen LogP contribution is -2.33. The number of sulfone groups is 1. The van der Waals surface area contributed by atoms with Crippen molar-refractivity contribution in [2.75, 3.05) is 0 Å². The summed E-state index contributed by atoms with van der Waals surface area (Å²) in [5.74, 6) is -6.52. The Morgan fingerprint density at radius 1 is 1.00 bits per heavy atom. The molecule has 0 radical (unpaired) electrons. The minimum atomic E-state index is -5.14. The van der Waals surface area contributed by atoms with Crippen molar-refractivity contribution < 1.29 is 35.5 Å². The Hall–Kier alpha value is -4.26. The highest BCUT2D eigenvalue weighted by atomic mass is 32.2. The molecule has 4 rings (SSSR count). The van der Waals surface area contributed by atoms with Gasteiger partial charge in [0.2, 0.25) is 9.84 Å². The Morgan fingerprint density at radius 2 is 1.68 bits per heavy atom. The van der Waals surface area contributed by atoms with E-state index >= 15 is 8.78 Å². The van der Waals surface area contributed by atoms with Crippen molar-refractivity contribution in [3.05, 3.63) is 78.3 Å². The fraction of sp³-hybridized carbons (Fsp3) is 0.160. The first-order valence-electron chi connectivity index (χ1n) is 11.0. The number of hydrogen-bond acceptors (Lipinski definition) is 6. The molecule has 0 spiro atoms. The molecule has 0 saturated carbocycles. The minimum Gasteiger partial charge on any atom is -0.407 e. The van der Waals surface area contributed by atoms with E-state index in [4.69, 9.17) is 4.74 Å². The highest BCUT2D eigenvalue weighted by molar-refractivity contribution is 7.91. The summed E-state index contributed by atoms with van der Waals surface area (Å²) in [5.41, 5.74) is -0.662. The molecule has 2 aromatic carbocycles. The first-order chi connectivity index (χ1) is 17.9. The first-order valence-corrected chi connectivity index (χ1v) is 12.5. The van der Waals surface area contributed by atoms with Gasteiger partial charge in [-0.15, -0.1) is 0 Å². The van der Waals surface area contributed by atoms with Crippen molar-refractivity contribution >= 4 is 15.9 Å². The number of nitrogens with one attached hydrogen (secondary N) is 1. The van der Waals surface area contributed by atoms with Gasteiger partial charge in [-0.2, -0.15) is 5.10 Å². The number of rotatable bonds is 6. The van der Waals surface area contributed by atoms with E-state index in [9.17, 15) is 22.0 Å². The van der Waals surface area contributed by atoms with E-state index in [1.807, 2.05) is 0 Å². The number of benzene rings is 2. The van der Waals surface area contributed by atoms with Gasteiger partial charge in [0.05, 0.1) is 5.56 Å². The molecule has 198 valence electrons. The fourth-order valence-corrected chi connectivity index (χ4v) is 5.08. The van der Waals surface area contributed by atoms with Gasteiger partial charge in [-0.3, -0.25) is 9.67 Å². The zero-order valence-corrected chi connectivity index (χ0v) is 21.0. The Balaban J connectivity index is 2.03. The summed E-state index contributed by atoms with van der Waals surface area (Å²) in [6, 6.07) is 4.63. The van der Waals surface area contributed by atoms with Crippen molar-refractivity contribution in [1.29, 1.82) is 0 Å². The van der Waals surface area contributed by atoms with Crippen LogP contribution in [0.5, 0.6) is 5.75 Å². The van der Waals surface area contributed by atoms with Gasteiger partial charge >= 0.3 is 6.09 Å². The lowest BCUT2D eigenvalue weighted by molar-refractivity contribution is 0.195. The fourth-order valence-electron chi connectivity index (χ4n) is 3.65. The Kier molecular flexibility index (Phi) is 7.22. The molecule has 13 heteroatoms. The van der Waals surface area contributed by atoms with Gasteiger partial charge < -0.3 is 10.1 Å². The smallest absolute Gasteiger partial charge is 0.407 e. The van der Waals surface area contributed by atoms with Crippen LogP contribution in [0, 0.1) is 23.3 Å². The highest BCUT2D eigenvalue weighted by Crippen LogP contribution is 2.41. The van der Waals surface area contributed by atoms with Gasteiger partial charge in [0.25, 0.3) is 0 Å². The van der Waals surface area contributed by atoms with Gasteiger partial charge in [0.1, 0.15) is 27.1 Å². The third-order valence-corrected chi connectivity index (χ3v) is 7.04. The molecular formula is C25H20F4N4O4S. The molecule has 0 unspecified atom stereocenters. The standard InChI is InChI=1S/C25H20F4N4O4S/c1-13(2)31-25(34)37-18-11-20(38(35,36)19-10-15(26)4-5-17(19)27)23(29)21(22(18)28)24-16(12-33(3)32-24)14-6-8-30-9-7-14/h4-13H,1-3H3,(H,31,34). The van der Waals surface area contributed by atoms with Gasteiger partial charge in [0, 0.05) is 43.3 Å². The lowest BCUT2D eigenvalue weighted by Gasteiger charge is -2.16. The number of halogens is 4. The zero-order chi connectivity index (χ0) is 27.8. The summed E-state index contributed by atoms with van der Waals surface area (Å²) in [4.78, 5) is 13.7. The first kappa shape index (κ1) is 26.8. The van der Waals surface area contributed by atoms with Crippen LogP contribution in [0.3, 0.4) is 0 Å². The van der Waals surface area contributed by atoms with E-state index in [1.165, 1.54) is 42.5 Å². The van der Waals surface area contributed by atoms with E-state index in [0.29, 0.717) is 29.8 Å². The third kappa shape index (κ3) is 5.09. The molecule has 0 bridgehead atoms. The molecule has 0 saturated heterocycles.